The number of nitrogens with zero attached hydrogens (tertiary/aromatic N) is 3. The van der Waals surface area contributed by atoms with Gasteiger partial charge < -0.3 is 10.2 Å². The van der Waals surface area contributed by atoms with E-state index in [4.69, 9.17) is 5.10 Å². The predicted molar refractivity (Wildman–Crippen MR) is 94.4 cm³/mol. The van der Waals surface area contributed by atoms with Crippen molar-refractivity contribution in [2.75, 3.05) is 19.6 Å². The average molecular weight is 384 g/mol. The lowest BCUT2D eigenvalue weighted by Gasteiger charge is -2.32. The molecule has 3 aliphatic rings. The molecule has 1 aromatic rings. The van der Waals surface area contributed by atoms with Crippen molar-refractivity contribution >= 4 is 5.91 Å². The van der Waals surface area contributed by atoms with Gasteiger partial charge in [0, 0.05) is 31.2 Å². The second kappa shape index (κ2) is 6.50. The highest BCUT2D eigenvalue weighted by atomic mass is 19.4. The molecule has 0 unspecified atom stereocenters. The molecule has 0 bridgehead atoms. The topological polar surface area (TPSA) is 50.2 Å². The summed E-state index contributed by atoms with van der Waals surface area (Å²) < 4.78 is 41.3. The third kappa shape index (κ3) is 3.48. The summed E-state index contributed by atoms with van der Waals surface area (Å²) in [6.07, 6.45) is -1.22. The molecule has 2 fully saturated rings. The van der Waals surface area contributed by atoms with Gasteiger partial charge in [0.2, 0.25) is 5.91 Å². The fourth-order valence-electron chi connectivity index (χ4n) is 4.62. The SMILES string of the molecule is CC1(C)CCc2c(c(C3CNC3)nn2CC(=O)N2CCC[C@H]2C(F)(F)F)C1. The normalized spacial score (nSPS) is 25.4. The lowest BCUT2D eigenvalue weighted by molar-refractivity contribution is -0.183. The molecule has 8 heteroatoms. The van der Waals surface area contributed by atoms with E-state index < -0.39 is 18.1 Å². The minimum absolute atomic E-state index is 0.000360. The Balaban J connectivity index is 1.59. The lowest BCUT2D eigenvalue weighted by atomic mass is 9.74. The van der Waals surface area contributed by atoms with Gasteiger partial charge in [0.25, 0.3) is 0 Å². The van der Waals surface area contributed by atoms with Crippen molar-refractivity contribution in [3.05, 3.63) is 17.0 Å². The average Bonchev–Trinajstić information content (AvgIpc) is 3.10. The molecule has 2 aliphatic heterocycles. The van der Waals surface area contributed by atoms with E-state index in [9.17, 15) is 18.0 Å². The van der Waals surface area contributed by atoms with E-state index in [0.29, 0.717) is 12.3 Å². The summed E-state index contributed by atoms with van der Waals surface area (Å²) in [6.45, 7) is 6.31. The van der Waals surface area contributed by atoms with Gasteiger partial charge >= 0.3 is 6.18 Å². The first-order chi connectivity index (χ1) is 12.7. The van der Waals surface area contributed by atoms with E-state index in [0.717, 1.165) is 48.6 Å². The third-order valence-electron chi connectivity index (χ3n) is 6.30. The maximum atomic E-state index is 13.2. The van der Waals surface area contributed by atoms with Crippen molar-refractivity contribution in [2.45, 2.75) is 70.6 Å². The first kappa shape index (κ1) is 18.8. The fourth-order valence-corrected chi connectivity index (χ4v) is 4.62. The highest BCUT2D eigenvalue weighted by Gasteiger charge is 2.47. The maximum absolute atomic E-state index is 13.2. The second-order valence-corrected chi connectivity index (χ2v) is 8.95. The highest BCUT2D eigenvalue weighted by molar-refractivity contribution is 5.77. The van der Waals surface area contributed by atoms with E-state index in [-0.39, 0.29) is 24.9 Å². The molecule has 0 spiro atoms. The van der Waals surface area contributed by atoms with Crippen LogP contribution in [0, 0.1) is 5.41 Å². The van der Waals surface area contributed by atoms with Crippen LogP contribution in [0.4, 0.5) is 13.2 Å². The Morgan fingerprint density at radius 2 is 2.07 bits per heavy atom. The number of carbonyl (C=O) groups excluding carboxylic acids is 1. The zero-order chi connectivity index (χ0) is 19.4. The number of carbonyl (C=O) groups is 1. The minimum Gasteiger partial charge on any atom is -0.329 e. The van der Waals surface area contributed by atoms with Crippen molar-refractivity contribution in [1.82, 2.24) is 20.0 Å². The molecular formula is C19H27F3N4O. The van der Waals surface area contributed by atoms with Crippen LogP contribution in [0.15, 0.2) is 0 Å². The largest absolute Gasteiger partial charge is 0.408 e. The summed E-state index contributed by atoms with van der Waals surface area (Å²) in [7, 11) is 0. The Kier molecular flexibility index (Phi) is 4.52. The molecule has 1 amide bonds. The van der Waals surface area contributed by atoms with Crippen LogP contribution in [0.5, 0.6) is 0 Å². The molecule has 0 saturated carbocycles. The first-order valence-corrected chi connectivity index (χ1v) is 9.81. The van der Waals surface area contributed by atoms with Crippen molar-refractivity contribution in [2.24, 2.45) is 5.41 Å². The highest BCUT2D eigenvalue weighted by Crippen LogP contribution is 2.39. The molecule has 27 heavy (non-hydrogen) atoms. The zero-order valence-electron chi connectivity index (χ0n) is 15.9. The lowest BCUT2D eigenvalue weighted by Crippen LogP contribution is -2.46. The van der Waals surface area contributed by atoms with E-state index in [1.807, 2.05) is 0 Å². The summed E-state index contributed by atoms with van der Waals surface area (Å²) in [6, 6.07) is -1.65. The summed E-state index contributed by atoms with van der Waals surface area (Å²) in [5.41, 5.74) is 3.50. The van der Waals surface area contributed by atoms with Gasteiger partial charge in [-0.05, 0) is 43.1 Å². The number of hydrogen-bond donors (Lipinski definition) is 1. The standard InChI is InChI=1S/C19H27F3N4O/c1-18(2)6-5-14-13(8-18)17(12-9-23-10-12)24-26(14)11-16(27)25-7-3-4-15(25)19(20,21)22/h12,15,23H,3-11H2,1-2H3/t15-/m0/s1. The van der Waals surface area contributed by atoms with E-state index in [1.165, 1.54) is 5.56 Å². The van der Waals surface area contributed by atoms with Gasteiger partial charge in [-0.2, -0.15) is 18.3 Å². The molecule has 150 valence electrons. The van der Waals surface area contributed by atoms with Crippen LogP contribution in [-0.2, 0) is 24.2 Å². The molecule has 5 nitrogen and oxygen atoms in total. The van der Waals surface area contributed by atoms with Crippen molar-refractivity contribution in [1.29, 1.82) is 0 Å². The van der Waals surface area contributed by atoms with Crippen molar-refractivity contribution in [3.63, 3.8) is 0 Å². The predicted octanol–water partition coefficient (Wildman–Crippen LogP) is 2.64. The smallest absolute Gasteiger partial charge is 0.329 e. The Bertz CT molecular complexity index is 736. The number of amides is 1. The third-order valence-corrected chi connectivity index (χ3v) is 6.30. The molecule has 3 heterocycles. The quantitative estimate of drug-likeness (QED) is 0.872. The number of likely N-dealkylation sites (tertiary alicyclic amines) is 1. The molecule has 0 aromatic carbocycles. The van der Waals surface area contributed by atoms with Gasteiger partial charge in [0.1, 0.15) is 12.6 Å². The molecular weight excluding hydrogens is 357 g/mol. The number of aromatic nitrogens is 2. The fraction of sp³-hybridized carbons (Fsp3) is 0.789. The van der Waals surface area contributed by atoms with E-state index in [2.05, 4.69) is 19.2 Å². The number of nitrogens with one attached hydrogen (secondary N) is 1. The molecule has 1 aromatic heterocycles. The van der Waals surface area contributed by atoms with Crippen LogP contribution < -0.4 is 5.32 Å². The summed E-state index contributed by atoms with van der Waals surface area (Å²) in [5.74, 6) is -0.123. The number of fused-ring (bicyclic) bond motifs is 1. The number of hydrogen-bond acceptors (Lipinski definition) is 3. The van der Waals surface area contributed by atoms with Crippen LogP contribution in [0.1, 0.15) is 56.0 Å². The Hall–Kier alpha value is -1.57. The molecule has 0 radical (unpaired) electrons. The number of alkyl halides is 3. The summed E-state index contributed by atoms with van der Waals surface area (Å²) >= 11 is 0. The Morgan fingerprint density at radius 1 is 1.33 bits per heavy atom. The van der Waals surface area contributed by atoms with Crippen LogP contribution >= 0.6 is 0 Å². The number of halogens is 3. The van der Waals surface area contributed by atoms with Crippen LogP contribution in [0.2, 0.25) is 0 Å². The van der Waals surface area contributed by atoms with Gasteiger partial charge in [0.05, 0.1) is 5.69 Å². The minimum atomic E-state index is -4.36. The molecule has 2 saturated heterocycles. The molecule has 4 rings (SSSR count). The van der Waals surface area contributed by atoms with Crippen molar-refractivity contribution in [3.8, 4) is 0 Å². The van der Waals surface area contributed by atoms with E-state index >= 15 is 0 Å². The zero-order valence-corrected chi connectivity index (χ0v) is 15.9. The van der Waals surface area contributed by atoms with Gasteiger partial charge in [0.15, 0.2) is 0 Å². The van der Waals surface area contributed by atoms with Gasteiger partial charge in [-0.3, -0.25) is 9.48 Å². The summed E-state index contributed by atoms with van der Waals surface area (Å²) in [4.78, 5) is 13.7. The van der Waals surface area contributed by atoms with Crippen LogP contribution in [-0.4, -0.2) is 52.4 Å². The van der Waals surface area contributed by atoms with E-state index in [1.54, 1.807) is 4.68 Å². The van der Waals surface area contributed by atoms with Crippen LogP contribution in [0.3, 0.4) is 0 Å². The molecule has 1 N–H and O–H groups in total. The number of rotatable bonds is 3. The van der Waals surface area contributed by atoms with Gasteiger partial charge in [-0.1, -0.05) is 13.8 Å². The van der Waals surface area contributed by atoms with Gasteiger partial charge in [-0.25, -0.2) is 0 Å². The van der Waals surface area contributed by atoms with Crippen molar-refractivity contribution < 1.29 is 18.0 Å². The summed E-state index contributed by atoms with van der Waals surface area (Å²) in [5, 5.41) is 7.98. The Labute approximate surface area is 157 Å². The maximum Gasteiger partial charge on any atom is 0.408 e. The second-order valence-electron chi connectivity index (χ2n) is 8.95. The Morgan fingerprint density at radius 3 is 2.70 bits per heavy atom. The molecule has 1 aliphatic carbocycles. The molecule has 1 atom stereocenters. The van der Waals surface area contributed by atoms with Crippen LogP contribution in [0.25, 0.3) is 0 Å². The monoisotopic (exact) mass is 384 g/mol. The van der Waals surface area contributed by atoms with Gasteiger partial charge in [-0.15, -0.1) is 0 Å². The first-order valence-electron chi connectivity index (χ1n) is 9.81.